The average molecular weight is 284 g/mol. The number of nitrogens with one attached hydrogen (secondary N) is 1. The van der Waals surface area contributed by atoms with Gasteiger partial charge in [-0.3, -0.25) is 0 Å². The zero-order valence-electron chi connectivity index (χ0n) is 10.7. The van der Waals surface area contributed by atoms with Gasteiger partial charge in [0.2, 0.25) is 0 Å². The van der Waals surface area contributed by atoms with Crippen molar-refractivity contribution in [1.29, 1.82) is 0 Å². The molecule has 0 aliphatic heterocycles. The lowest BCUT2D eigenvalue weighted by Crippen LogP contribution is -2.17. The number of hydrogen-bond donors (Lipinski definition) is 1. The van der Waals surface area contributed by atoms with E-state index < -0.39 is 0 Å². The number of hydrogen-bond acceptors (Lipinski definition) is 3. The van der Waals surface area contributed by atoms with Gasteiger partial charge < -0.3 is 9.73 Å². The van der Waals surface area contributed by atoms with E-state index in [1.807, 2.05) is 36.0 Å². The molecule has 0 aliphatic carbocycles. The van der Waals surface area contributed by atoms with Gasteiger partial charge in [-0.15, -0.1) is 0 Å². The Labute approximate surface area is 117 Å². The van der Waals surface area contributed by atoms with E-state index in [2.05, 4.69) is 18.5 Å². The first kappa shape index (κ1) is 13.8. The highest BCUT2D eigenvalue weighted by atomic mass is 35.5. The molecule has 2 aromatic rings. The molecule has 0 bridgehead atoms. The zero-order chi connectivity index (χ0) is 13.0. The fourth-order valence-electron chi connectivity index (χ4n) is 1.87. The summed E-state index contributed by atoms with van der Waals surface area (Å²) in [6, 6.07) is 7.96. The van der Waals surface area contributed by atoms with E-state index >= 15 is 0 Å². The number of furan rings is 1. The topological polar surface area (TPSA) is 25.2 Å². The summed E-state index contributed by atoms with van der Waals surface area (Å²) in [4.78, 5) is 0. The normalized spacial score (nSPS) is 13.1. The first-order chi connectivity index (χ1) is 8.72. The third-order valence-electron chi connectivity index (χ3n) is 3.08. The lowest BCUT2D eigenvalue weighted by Gasteiger charge is -2.08. The summed E-state index contributed by atoms with van der Waals surface area (Å²) in [7, 11) is 0. The maximum atomic E-state index is 6.13. The van der Waals surface area contributed by atoms with E-state index in [0.717, 1.165) is 36.0 Å². The molecule has 1 aromatic heterocycles. The molecular formula is C14H18ClNOS. The molecule has 1 N–H and O–H groups in total. The van der Waals surface area contributed by atoms with Crippen molar-refractivity contribution in [1.82, 2.24) is 5.32 Å². The molecule has 0 spiro atoms. The summed E-state index contributed by atoms with van der Waals surface area (Å²) in [5.41, 5.74) is 1.92. The quantitative estimate of drug-likeness (QED) is 0.800. The van der Waals surface area contributed by atoms with Crippen molar-refractivity contribution in [2.45, 2.75) is 25.1 Å². The number of para-hydroxylation sites is 1. The van der Waals surface area contributed by atoms with Crippen LogP contribution in [-0.2, 0) is 6.54 Å². The molecule has 0 saturated carbocycles. The molecule has 0 amide bonds. The van der Waals surface area contributed by atoms with E-state index in [0.29, 0.717) is 10.5 Å². The highest BCUT2D eigenvalue weighted by Crippen LogP contribution is 2.29. The predicted molar refractivity (Wildman–Crippen MR) is 80.5 cm³/mol. The van der Waals surface area contributed by atoms with E-state index in [-0.39, 0.29) is 0 Å². The van der Waals surface area contributed by atoms with Crippen LogP contribution in [0.2, 0.25) is 5.22 Å². The third kappa shape index (κ3) is 3.22. The molecule has 1 unspecified atom stereocenters. The molecule has 0 fully saturated rings. The SMILES string of the molecule is CSC(C)CCNCc1c(Cl)oc2ccccc12. The fourth-order valence-corrected chi connectivity index (χ4v) is 2.48. The first-order valence-corrected chi connectivity index (χ1v) is 7.78. The summed E-state index contributed by atoms with van der Waals surface area (Å²) >= 11 is 8.02. The zero-order valence-corrected chi connectivity index (χ0v) is 12.3. The van der Waals surface area contributed by atoms with Gasteiger partial charge in [-0.2, -0.15) is 11.8 Å². The Morgan fingerprint density at radius 2 is 2.17 bits per heavy atom. The van der Waals surface area contributed by atoms with Gasteiger partial charge in [0.15, 0.2) is 5.22 Å². The van der Waals surface area contributed by atoms with Crippen LogP contribution in [0.25, 0.3) is 11.0 Å². The lowest BCUT2D eigenvalue weighted by molar-refractivity contribution is 0.600. The number of fused-ring (bicyclic) bond motifs is 1. The van der Waals surface area contributed by atoms with Gasteiger partial charge in [0.25, 0.3) is 0 Å². The summed E-state index contributed by atoms with van der Waals surface area (Å²) in [5.74, 6) is 0. The van der Waals surface area contributed by atoms with Gasteiger partial charge in [-0.05, 0) is 36.9 Å². The summed E-state index contributed by atoms with van der Waals surface area (Å²) < 4.78 is 5.52. The van der Waals surface area contributed by atoms with E-state index in [1.54, 1.807) is 0 Å². The highest BCUT2D eigenvalue weighted by molar-refractivity contribution is 7.99. The molecule has 1 atom stereocenters. The van der Waals surface area contributed by atoms with Crippen molar-refractivity contribution < 1.29 is 4.42 Å². The molecule has 1 heterocycles. The van der Waals surface area contributed by atoms with Crippen molar-refractivity contribution in [3.05, 3.63) is 35.0 Å². The highest BCUT2D eigenvalue weighted by Gasteiger charge is 2.11. The van der Waals surface area contributed by atoms with E-state index in [4.69, 9.17) is 16.0 Å². The second-order valence-electron chi connectivity index (χ2n) is 4.36. The van der Waals surface area contributed by atoms with Gasteiger partial charge in [0.1, 0.15) is 5.58 Å². The second kappa shape index (κ2) is 6.50. The van der Waals surface area contributed by atoms with Crippen LogP contribution >= 0.6 is 23.4 Å². The van der Waals surface area contributed by atoms with Crippen LogP contribution in [0.15, 0.2) is 28.7 Å². The van der Waals surface area contributed by atoms with Crippen LogP contribution in [0, 0.1) is 0 Å². The summed E-state index contributed by atoms with van der Waals surface area (Å²) in [6.45, 7) is 4.00. The average Bonchev–Trinajstić information content (AvgIpc) is 2.70. The van der Waals surface area contributed by atoms with Gasteiger partial charge in [-0.25, -0.2) is 0 Å². The lowest BCUT2D eigenvalue weighted by atomic mass is 10.2. The molecule has 4 heteroatoms. The maximum absolute atomic E-state index is 6.13. The van der Waals surface area contributed by atoms with Crippen molar-refractivity contribution in [2.24, 2.45) is 0 Å². The standard InChI is InChI=1S/C14H18ClNOS/c1-10(18-2)7-8-16-9-12-11-5-3-4-6-13(11)17-14(12)15/h3-6,10,16H,7-9H2,1-2H3. The monoisotopic (exact) mass is 283 g/mol. The minimum atomic E-state index is 0.501. The number of benzene rings is 1. The largest absolute Gasteiger partial charge is 0.444 e. The first-order valence-electron chi connectivity index (χ1n) is 6.11. The maximum Gasteiger partial charge on any atom is 0.199 e. The molecule has 1 aromatic carbocycles. The molecule has 0 saturated heterocycles. The van der Waals surface area contributed by atoms with Crippen molar-refractivity contribution in [2.75, 3.05) is 12.8 Å². The third-order valence-corrected chi connectivity index (χ3v) is 4.43. The van der Waals surface area contributed by atoms with Gasteiger partial charge in [0, 0.05) is 22.7 Å². The molecule has 18 heavy (non-hydrogen) atoms. The smallest absolute Gasteiger partial charge is 0.199 e. The molecule has 2 nitrogen and oxygen atoms in total. The van der Waals surface area contributed by atoms with Gasteiger partial charge in [0.05, 0.1) is 0 Å². The van der Waals surface area contributed by atoms with Gasteiger partial charge in [-0.1, -0.05) is 25.1 Å². The molecule has 98 valence electrons. The van der Waals surface area contributed by atoms with E-state index in [9.17, 15) is 0 Å². The van der Waals surface area contributed by atoms with Crippen molar-refractivity contribution >= 4 is 34.3 Å². The van der Waals surface area contributed by atoms with Crippen LogP contribution < -0.4 is 5.32 Å². The second-order valence-corrected chi connectivity index (χ2v) is 5.98. The van der Waals surface area contributed by atoms with Crippen molar-refractivity contribution in [3.8, 4) is 0 Å². The Morgan fingerprint density at radius 3 is 2.94 bits per heavy atom. The Bertz CT molecular complexity index is 511. The Morgan fingerprint density at radius 1 is 1.39 bits per heavy atom. The van der Waals surface area contributed by atoms with Crippen molar-refractivity contribution in [3.63, 3.8) is 0 Å². The van der Waals surface area contributed by atoms with E-state index in [1.165, 1.54) is 0 Å². The number of rotatable bonds is 6. The number of thioether (sulfide) groups is 1. The predicted octanol–water partition coefficient (Wildman–Crippen LogP) is 4.32. The number of halogens is 1. The fraction of sp³-hybridized carbons (Fsp3) is 0.429. The molecular weight excluding hydrogens is 266 g/mol. The van der Waals surface area contributed by atoms with Crippen LogP contribution in [0.1, 0.15) is 18.9 Å². The summed E-state index contributed by atoms with van der Waals surface area (Å²) in [6.07, 6.45) is 3.31. The Kier molecular flexibility index (Phi) is 4.98. The summed E-state index contributed by atoms with van der Waals surface area (Å²) in [5, 5.41) is 5.72. The Balaban J connectivity index is 1.97. The molecule has 2 rings (SSSR count). The minimum absolute atomic E-state index is 0.501. The van der Waals surface area contributed by atoms with Crippen LogP contribution in [0.4, 0.5) is 0 Å². The van der Waals surface area contributed by atoms with Crippen LogP contribution in [-0.4, -0.2) is 18.1 Å². The molecule has 0 aliphatic rings. The molecule has 0 radical (unpaired) electrons. The minimum Gasteiger partial charge on any atom is -0.444 e. The van der Waals surface area contributed by atoms with Crippen LogP contribution in [0.3, 0.4) is 0 Å². The Hall–Kier alpha value is -0.640. The van der Waals surface area contributed by atoms with Crippen LogP contribution in [0.5, 0.6) is 0 Å². The van der Waals surface area contributed by atoms with Gasteiger partial charge >= 0.3 is 0 Å².